The van der Waals surface area contributed by atoms with Crippen molar-refractivity contribution in [1.29, 1.82) is 0 Å². The minimum Gasteiger partial charge on any atom is -0.314 e. The molecule has 4 heteroatoms. The maximum absolute atomic E-state index is 6.07. The van der Waals surface area contributed by atoms with Crippen LogP contribution in [0.2, 0.25) is 5.02 Å². The van der Waals surface area contributed by atoms with Crippen molar-refractivity contribution in [3.8, 4) is 0 Å². The second-order valence-electron chi connectivity index (χ2n) is 4.43. The Morgan fingerprint density at radius 3 is 2.94 bits per heavy atom. The highest BCUT2D eigenvalue weighted by molar-refractivity contribution is 7.17. The molecule has 0 spiro atoms. The summed E-state index contributed by atoms with van der Waals surface area (Å²) in [5, 5.41) is 7.80. The highest BCUT2D eigenvalue weighted by Gasteiger charge is 2.12. The van der Waals surface area contributed by atoms with Gasteiger partial charge in [-0.3, -0.25) is 4.90 Å². The molecule has 0 bridgehead atoms. The molecule has 0 saturated carbocycles. The molecule has 1 aliphatic heterocycles. The van der Waals surface area contributed by atoms with Gasteiger partial charge in [0.15, 0.2) is 0 Å². The normalized spacial score (nSPS) is 17.7. The number of hydrogen-bond acceptors (Lipinski definition) is 3. The van der Waals surface area contributed by atoms with Crippen LogP contribution in [0.1, 0.15) is 5.56 Å². The van der Waals surface area contributed by atoms with E-state index in [9.17, 15) is 0 Å². The van der Waals surface area contributed by atoms with E-state index in [2.05, 4.69) is 27.7 Å². The number of nitrogens with one attached hydrogen (secondary N) is 1. The monoisotopic (exact) mass is 266 g/mol. The van der Waals surface area contributed by atoms with E-state index in [-0.39, 0.29) is 0 Å². The summed E-state index contributed by atoms with van der Waals surface area (Å²) in [7, 11) is 0. The smallest absolute Gasteiger partial charge is 0.0413 e. The highest BCUT2D eigenvalue weighted by atomic mass is 35.5. The number of rotatable bonds is 2. The molecule has 1 aromatic heterocycles. The summed E-state index contributed by atoms with van der Waals surface area (Å²) >= 11 is 7.88. The molecule has 1 aromatic carbocycles. The molecule has 2 heterocycles. The molecule has 3 rings (SSSR count). The lowest BCUT2D eigenvalue weighted by molar-refractivity contribution is 0.234. The van der Waals surface area contributed by atoms with Crippen LogP contribution in [0.15, 0.2) is 23.6 Å². The predicted molar refractivity (Wildman–Crippen MR) is 75.0 cm³/mol. The SMILES string of the molecule is Clc1ccc2scc(CN3CCNCC3)c2c1. The second kappa shape index (κ2) is 4.94. The zero-order valence-electron chi connectivity index (χ0n) is 9.58. The first-order valence-electron chi connectivity index (χ1n) is 5.91. The molecule has 2 aromatic rings. The summed E-state index contributed by atoms with van der Waals surface area (Å²) in [6.07, 6.45) is 0. The van der Waals surface area contributed by atoms with Crippen molar-refractivity contribution >= 4 is 33.0 Å². The van der Waals surface area contributed by atoms with Crippen LogP contribution in [0.4, 0.5) is 0 Å². The number of hydrogen-bond donors (Lipinski definition) is 1. The summed E-state index contributed by atoms with van der Waals surface area (Å²) in [5.74, 6) is 0. The van der Waals surface area contributed by atoms with Gasteiger partial charge in [-0.15, -0.1) is 11.3 Å². The van der Waals surface area contributed by atoms with E-state index in [0.29, 0.717) is 0 Å². The van der Waals surface area contributed by atoms with Gasteiger partial charge >= 0.3 is 0 Å². The van der Waals surface area contributed by atoms with E-state index in [4.69, 9.17) is 11.6 Å². The lowest BCUT2D eigenvalue weighted by atomic mass is 10.1. The van der Waals surface area contributed by atoms with Crippen LogP contribution in [-0.2, 0) is 6.54 Å². The van der Waals surface area contributed by atoms with Gasteiger partial charge in [0, 0.05) is 42.4 Å². The van der Waals surface area contributed by atoms with Gasteiger partial charge in [-0.2, -0.15) is 0 Å². The summed E-state index contributed by atoms with van der Waals surface area (Å²) in [5.41, 5.74) is 1.41. The Bertz CT molecular complexity index is 517. The molecule has 1 aliphatic rings. The van der Waals surface area contributed by atoms with Gasteiger partial charge in [0.25, 0.3) is 0 Å². The quantitative estimate of drug-likeness (QED) is 0.899. The first-order chi connectivity index (χ1) is 8.33. The van der Waals surface area contributed by atoms with Gasteiger partial charge in [-0.1, -0.05) is 11.6 Å². The van der Waals surface area contributed by atoms with E-state index in [1.807, 2.05) is 17.4 Å². The van der Waals surface area contributed by atoms with E-state index < -0.39 is 0 Å². The Balaban J connectivity index is 1.86. The third-order valence-corrected chi connectivity index (χ3v) is 4.47. The average Bonchev–Trinajstić information content (AvgIpc) is 2.73. The fourth-order valence-electron chi connectivity index (χ4n) is 2.29. The lowest BCUT2D eigenvalue weighted by Crippen LogP contribution is -2.42. The molecule has 17 heavy (non-hydrogen) atoms. The van der Waals surface area contributed by atoms with Gasteiger partial charge in [0.05, 0.1) is 0 Å². The fourth-order valence-corrected chi connectivity index (χ4v) is 3.39. The molecule has 0 atom stereocenters. The van der Waals surface area contributed by atoms with Gasteiger partial charge in [-0.05, 0) is 34.5 Å². The molecule has 1 saturated heterocycles. The highest BCUT2D eigenvalue weighted by Crippen LogP contribution is 2.29. The number of fused-ring (bicyclic) bond motifs is 1. The first kappa shape index (κ1) is 11.5. The molecule has 0 radical (unpaired) electrons. The molecule has 1 fully saturated rings. The van der Waals surface area contributed by atoms with Crippen molar-refractivity contribution in [3.05, 3.63) is 34.2 Å². The molecule has 2 nitrogen and oxygen atoms in total. The Morgan fingerprint density at radius 1 is 1.29 bits per heavy atom. The van der Waals surface area contributed by atoms with E-state index in [1.165, 1.54) is 15.6 Å². The topological polar surface area (TPSA) is 15.3 Å². The third-order valence-electron chi connectivity index (χ3n) is 3.22. The van der Waals surface area contributed by atoms with Crippen molar-refractivity contribution in [2.24, 2.45) is 0 Å². The maximum atomic E-state index is 6.07. The van der Waals surface area contributed by atoms with Crippen molar-refractivity contribution in [2.45, 2.75) is 6.54 Å². The van der Waals surface area contributed by atoms with Crippen LogP contribution >= 0.6 is 22.9 Å². The molecule has 0 unspecified atom stereocenters. The second-order valence-corrected chi connectivity index (χ2v) is 5.78. The van der Waals surface area contributed by atoms with Gasteiger partial charge in [0.2, 0.25) is 0 Å². The van der Waals surface area contributed by atoms with E-state index in [1.54, 1.807) is 0 Å². The van der Waals surface area contributed by atoms with Gasteiger partial charge in [-0.25, -0.2) is 0 Å². The number of benzene rings is 1. The molecule has 90 valence electrons. The Labute approximate surface area is 110 Å². The third kappa shape index (κ3) is 2.47. The summed E-state index contributed by atoms with van der Waals surface area (Å²) in [4.78, 5) is 2.50. The Hall–Kier alpha value is -0.610. The van der Waals surface area contributed by atoms with Crippen molar-refractivity contribution in [2.75, 3.05) is 26.2 Å². The molecular formula is C13H15ClN2S. The standard InChI is InChI=1S/C13H15ClN2S/c14-11-1-2-13-12(7-11)10(9-17-13)8-16-5-3-15-4-6-16/h1-2,7,9,15H,3-6,8H2. The van der Waals surface area contributed by atoms with Crippen LogP contribution < -0.4 is 5.32 Å². The summed E-state index contributed by atoms with van der Waals surface area (Å²) in [6, 6.07) is 6.17. The van der Waals surface area contributed by atoms with E-state index in [0.717, 1.165) is 37.7 Å². The maximum Gasteiger partial charge on any atom is 0.0413 e. The van der Waals surface area contributed by atoms with Crippen molar-refractivity contribution in [1.82, 2.24) is 10.2 Å². The number of nitrogens with zero attached hydrogens (tertiary/aromatic N) is 1. The van der Waals surface area contributed by atoms with Gasteiger partial charge < -0.3 is 5.32 Å². The van der Waals surface area contributed by atoms with Crippen molar-refractivity contribution in [3.63, 3.8) is 0 Å². The average molecular weight is 267 g/mol. The number of halogens is 1. The first-order valence-corrected chi connectivity index (χ1v) is 7.17. The zero-order chi connectivity index (χ0) is 11.7. The van der Waals surface area contributed by atoms with Gasteiger partial charge in [0.1, 0.15) is 0 Å². The lowest BCUT2D eigenvalue weighted by Gasteiger charge is -2.26. The minimum atomic E-state index is 0.831. The Morgan fingerprint density at radius 2 is 2.12 bits per heavy atom. The molecular weight excluding hydrogens is 252 g/mol. The zero-order valence-corrected chi connectivity index (χ0v) is 11.2. The largest absolute Gasteiger partial charge is 0.314 e. The molecule has 0 amide bonds. The summed E-state index contributed by atoms with van der Waals surface area (Å²) < 4.78 is 1.33. The fraction of sp³-hybridized carbons (Fsp3) is 0.385. The minimum absolute atomic E-state index is 0.831. The molecule has 1 N–H and O–H groups in total. The van der Waals surface area contributed by atoms with Crippen LogP contribution in [0.5, 0.6) is 0 Å². The Kier molecular flexibility index (Phi) is 3.34. The number of piperazine rings is 1. The van der Waals surface area contributed by atoms with Crippen LogP contribution in [0, 0.1) is 0 Å². The number of thiophene rings is 1. The predicted octanol–water partition coefficient (Wildman–Crippen LogP) is 2.96. The van der Waals surface area contributed by atoms with Crippen molar-refractivity contribution < 1.29 is 0 Å². The van der Waals surface area contributed by atoms with Crippen LogP contribution in [0.3, 0.4) is 0 Å². The van der Waals surface area contributed by atoms with E-state index >= 15 is 0 Å². The van der Waals surface area contributed by atoms with Crippen LogP contribution in [0.25, 0.3) is 10.1 Å². The van der Waals surface area contributed by atoms with Crippen LogP contribution in [-0.4, -0.2) is 31.1 Å². The molecule has 0 aliphatic carbocycles. The summed E-state index contributed by atoms with van der Waals surface area (Å²) in [6.45, 7) is 5.52.